The van der Waals surface area contributed by atoms with Crippen LogP contribution in [0.25, 0.3) is 22.4 Å². The van der Waals surface area contributed by atoms with E-state index >= 15 is 0 Å². The molecule has 156 valence electrons. The number of anilines is 1. The van der Waals surface area contributed by atoms with Crippen molar-refractivity contribution in [1.82, 2.24) is 0 Å². The van der Waals surface area contributed by atoms with E-state index in [2.05, 4.69) is 53.7 Å². The van der Waals surface area contributed by atoms with Crippen LogP contribution in [0, 0.1) is 0 Å². The first-order chi connectivity index (χ1) is 15.2. The number of rotatable bonds is 4. The molecule has 1 aliphatic rings. The van der Waals surface area contributed by atoms with Crippen LogP contribution in [0.15, 0.2) is 65.3 Å². The molecule has 2 aromatic heterocycles. The third-order valence-electron chi connectivity index (χ3n) is 5.13. The van der Waals surface area contributed by atoms with Crippen molar-refractivity contribution >= 4 is 62.1 Å². The molecule has 1 aliphatic heterocycles. The highest BCUT2D eigenvalue weighted by Gasteiger charge is 2.23. The molecule has 0 spiro atoms. The number of aryl methyl sites for hydroxylation is 1. The number of para-hydroxylation sites is 3. The van der Waals surface area contributed by atoms with Crippen LogP contribution < -0.4 is 27.3 Å². The summed E-state index contributed by atoms with van der Waals surface area (Å²) < 4.78 is 11.4. The van der Waals surface area contributed by atoms with Crippen LogP contribution in [-0.4, -0.2) is 6.54 Å². The Morgan fingerprint density at radius 1 is 1.00 bits per heavy atom. The van der Waals surface area contributed by atoms with Crippen LogP contribution in [0.2, 0.25) is 0 Å². The fourth-order valence-electron chi connectivity index (χ4n) is 3.71. The molecule has 0 saturated heterocycles. The summed E-state index contributed by atoms with van der Waals surface area (Å²) in [7, 11) is 0. The highest BCUT2D eigenvalue weighted by Crippen LogP contribution is 2.38. The normalized spacial score (nSPS) is 15.8. The Balaban J connectivity index is 1.53. The fraction of sp³-hybridized carbons (Fsp3) is 0.167. The number of nitrogens with zero attached hydrogens (tertiary/aromatic N) is 2. The van der Waals surface area contributed by atoms with Crippen molar-refractivity contribution in [1.29, 1.82) is 0 Å². The van der Waals surface area contributed by atoms with Gasteiger partial charge in [-0.1, -0.05) is 46.9 Å². The zero-order valence-corrected chi connectivity index (χ0v) is 19.7. The van der Waals surface area contributed by atoms with Gasteiger partial charge in [-0.3, -0.25) is 4.79 Å². The van der Waals surface area contributed by atoms with E-state index in [1.165, 1.54) is 32.9 Å². The molecule has 0 unspecified atom stereocenters. The molecule has 7 heteroatoms. The van der Waals surface area contributed by atoms with Crippen molar-refractivity contribution in [3.8, 4) is 5.75 Å². The van der Waals surface area contributed by atoms with E-state index < -0.39 is 0 Å². The van der Waals surface area contributed by atoms with E-state index in [-0.39, 0.29) is 4.74 Å². The maximum Gasteiger partial charge on any atom is 0.265 e. The number of thiazole rings is 1. The number of allylic oxidation sites excluding steroid dienone is 1. The molecule has 3 heterocycles. The molecule has 4 nitrogen and oxygen atoms in total. The van der Waals surface area contributed by atoms with Crippen molar-refractivity contribution in [2.45, 2.75) is 20.4 Å². The third-order valence-corrected chi connectivity index (χ3v) is 8.46. The lowest BCUT2D eigenvalue weighted by Crippen LogP contribution is -2.33. The fourth-order valence-corrected chi connectivity index (χ4v) is 7.07. The van der Waals surface area contributed by atoms with Gasteiger partial charge in [0.15, 0.2) is 5.75 Å². The van der Waals surface area contributed by atoms with Crippen LogP contribution in [-0.2, 0) is 6.54 Å². The molecule has 0 saturated carbocycles. The van der Waals surface area contributed by atoms with Gasteiger partial charge >= 0.3 is 0 Å². The molecule has 0 N–H and O–H groups in total. The summed E-state index contributed by atoms with van der Waals surface area (Å²) in [5, 5.41) is 1.16. The maximum atomic E-state index is 12.6. The molecule has 0 fully saturated rings. The molecular formula is C24H21N2O2S3+. The molecule has 0 bridgehead atoms. The summed E-state index contributed by atoms with van der Waals surface area (Å²) in [6.07, 6.45) is 5.91. The Hall–Kier alpha value is -2.74. The first-order valence-electron chi connectivity index (χ1n) is 10.2. The minimum atomic E-state index is 0.0795. The van der Waals surface area contributed by atoms with Crippen LogP contribution in [0.4, 0.5) is 5.69 Å². The first-order valence-corrected chi connectivity index (χ1v) is 12.6. The van der Waals surface area contributed by atoms with E-state index in [0.29, 0.717) is 0 Å². The predicted molar refractivity (Wildman–Crippen MR) is 132 cm³/mol. The molecule has 4 aromatic rings. The molecule has 0 radical (unpaired) electrons. The Kier molecular flexibility index (Phi) is 5.48. The lowest BCUT2D eigenvalue weighted by molar-refractivity contribution is -0.665. The standard InChI is InChI=1S/C24H21N2O2S3/c1-3-25-16-9-5-7-11-18(16)28-21(25)14-13-20-24(27)31-23(30-20)15-22-26(4-2)17-10-6-8-12-19(17)29-22/h5-15H,3-4H2,1-2H3/q+1/b20-13-,21-14-,23-15+. The molecule has 31 heavy (non-hydrogen) atoms. The van der Waals surface area contributed by atoms with E-state index in [4.69, 9.17) is 4.74 Å². The lowest BCUT2D eigenvalue weighted by atomic mass is 10.3. The van der Waals surface area contributed by atoms with Crippen LogP contribution >= 0.6 is 34.0 Å². The average molecular weight is 466 g/mol. The lowest BCUT2D eigenvalue weighted by Gasteiger charge is -2.14. The Morgan fingerprint density at radius 3 is 2.65 bits per heavy atom. The molecule has 5 rings (SSSR count). The number of fused-ring (bicyclic) bond motifs is 2. The highest BCUT2D eigenvalue weighted by atomic mass is 32.2. The summed E-state index contributed by atoms with van der Waals surface area (Å²) in [6, 6.07) is 16.4. The Labute approximate surface area is 191 Å². The van der Waals surface area contributed by atoms with Crippen molar-refractivity contribution in [2.24, 2.45) is 0 Å². The third kappa shape index (κ3) is 3.73. The van der Waals surface area contributed by atoms with Gasteiger partial charge in [0, 0.05) is 24.8 Å². The van der Waals surface area contributed by atoms with Crippen LogP contribution in [0.3, 0.4) is 0 Å². The Bertz CT molecular complexity index is 1480. The largest absolute Gasteiger partial charge is 0.439 e. The van der Waals surface area contributed by atoms with Crippen molar-refractivity contribution in [3.63, 3.8) is 0 Å². The summed E-state index contributed by atoms with van der Waals surface area (Å²) in [6.45, 7) is 5.94. The summed E-state index contributed by atoms with van der Waals surface area (Å²) in [5.41, 5.74) is 2.29. The number of hydrogen-bond acceptors (Lipinski definition) is 6. The van der Waals surface area contributed by atoms with E-state index in [9.17, 15) is 4.79 Å². The topological polar surface area (TPSA) is 33.4 Å². The predicted octanol–water partition coefficient (Wildman–Crippen LogP) is 4.06. The van der Waals surface area contributed by atoms with Crippen molar-refractivity contribution < 1.29 is 9.30 Å². The van der Waals surface area contributed by atoms with Gasteiger partial charge in [-0.05, 0) is 38.1 Å². The van der Waals surface area contributed by atoms with Crippen molar-refractivity contribution in [3.05, 3.63) is 83.4 Å². The number of benzene rings is 2. The van der Waals surface area contributed by atoms with Gasteiger partial charge in [-0.15, -0.1) is 11.3 Å². The van der Waals surface area contributed by atoms with Crippen molar-refractivity contribution in [2.75, 3.05) is 11.4 Å². The first kappa shape index (κ1) is 20.2. The zero-order valence-electron chi connectivity index (χ0n) is 17.2. The van der Waals surface area contributed by atoms with E-state index in [1.54, 1.807) is 11.3 Å². The van der Waals surface area contributed by atoms with E-state index in [0.717, 1.165) is 43.8 Å². The van der Waals surface area contributed by atoms with E-state index in [1.807, 2.05) is 36.4 Å². The van der Waals surface area contributed by atoms with Gasteiger partial charge in [0.1, 0.15) is 11.2 Å². The van der Waals surface area contributed by atoms with Crippen LogP contribution in [0.5, 0.6) is 5.75 Å². The van der Waals surface area contributed by atoms with Gasteiger partial charge in [-0.25, -0.2) is 0 Å². The zero-order chi connectivity index (χ0) is 21.4. The number of hydrogen-bond donors (Lipinski definition) is 0. The second-order valence-electron chi connectivity index (χ2n) is 6.96. The monoisotopic (exact) mass is 465 g/mol. The van der Waals surface area contributed by atoms with Crippen LogP contribution in [0.1, 0.15) is 18.9 Å². The number of ether oxygens (including phenoxy) is 1. The minimum absolute atomic E-state index is 0.0795. The molecule has 0 aliphatic carbocycles. The smallest absolute Gasteiger partial charge is 0.265 e. The molecule has 0 amide bonds. The minimum Gasteiger partial charge on any atom is -0.439 e. The summed E-state index contributed by atoms with van der Waals surface area (Å²) in [4.78, 5) is 14.7. The van der Waals surface area contributed by atoms with Gasteiger partial charge in [-0.2, -0.15) is 4.57 Å². The molecular weight excluding hydrogens is 444 g/mol. The van der Waals surface area contributed by atoms with Gasteiger partial charge in [0.25, 0.3) is 9.75 Å². The SMILES string of the molecule is CCN1/C(=C/C=c2\s/c(=C\c3sc4ccccc4[n+]3CC)sc2=O)Oc2ccccc21. The quantitative estimate of drug-likeness (QED) is 0.426. The Morgan fingerprint density at radius 2 is 1.81 bits per heavy atom. The molecule has 0 atom stereocenters. The highest BCUT2D eigenvalue weighted by molar-refractivity contribution is 7.25. The van der Waals surface area contributed by atoms with Gasteiger partial charge < -0.3 is 9.64 Å². The average Bonchev–Trinajstić information content (AvgIpc) is 3.44. The summed E-state index contributed by atoms with van der Waals surface area (Å²) >= 11 is 4.59. The maximum absolute atomic E-state index is 12.6. The second-order valence-corrected chi connectivity index (χ2v) is 10.4. The summed E-state index contributed by atoms with van der Waals surface area (Å²) in [5.74, 6) is 1.60. The second kappa shape index (κ2) is 8.42. The van der Waals surface area contributed by atoms with Gasteiger partial charge in [0.05, 0.1) is 14.1 Å². The molecule has 2 aromatic carbocycles. The number of aromatic nitrogens is 1. The van der Waals surface area contributed by atoms with Gasteiger partial charge in [0.2, 0.25) is 11.4 Å².